The first-order chi connectivity index (χ1) is 9.06. The number of carbonyl (C=O) groups is 2. The molecule has 0 saturated heterocycles. The van der Waals surface area contributed by atoms with Gasteiger partial charge in [-0.1, -0.05) is 13.8 Å². The zero-order chi connectivity index (χ0) is 14.3. The van der Waals surface area contributed by atoms with E-state index in [0.717, 1.165) is 25.8 Å². The Hall–Kier alpha value is -1.14. The van der Waals surface area contributed by atoms with E-state index in [1.807, 2.05) is 18.7 Å². The highest BCUT2D eigenvalue weighted by atomic mass is 16.5. The third-order valence-electron chi connectivity index (χ3n) is 3.32. The summed E-state index contributed by atoms with van der Waals surface area (Å²) in [5.41, 5.74) is 0. The average Bonchev–Trinajstić information content (AvgIpc) is 2.31. The zero-order valence-corrected chi connectivity index (χ0v) is 11.7. The molecule has 1 amide bonds. The van der Waals surface area contributed by atoms with Gasteiger partial charge in [0.25, 0.3) is 0 Å². The summed E-state index contributed by atoms with van der Waals surface area (Å²) in [5.74, 6) is -0.888. The van der Waals surface area contributed by atoms with Crippen molar-refractivity contribution in [1.82, 2.24) is 10.2 Å². The van der Waals surface area contributed by atoms with Crippen LogP contribution < -0.4 is 5.32 Å². The van der Waals surface area contributed by atoms with Crippen molar-refractivity contribution in [3.05, 3.63) is 0 Å². The predicted molar refractivity (Wildman–Crippen MR) is 70.9 cm³/mol. The lowest BCUT2D eigenvalue weighted by atomic mass is 9.85. The van der Waals surface area contributed by atoms with Crippen molar-refractivity contribution in [3.63, 3.8) is 0 Å². The molecule has 110 valence electrons. The lowest BCUT2D eigenvalue weighted by Gasteiger charge is -2.42. The number of rotatable bonds is 9. The highest BCUT2D eigenvalue weighted by molar-refractivity contribution is 5.77. The predicted octanol–water partition coefficient (Wildman–Crippen LogP) is 0.467. The number of aliphatic carboxylic acids is 1. The third kappa shape index (κ3) is 5.57. The molecule has 0 radical (unpaired) electrons. The smallest absolute Gasteiger partial charge is 0.317 e. The number of amides is 1. The van der Waals surface area contributed by atoms with Crippen molar-refractivity contribution >= 4 is 11.9 Å². The quantitative estimate of drug-likeness (QED) is 0.596. The van der Waals surface area contributed by atoms with Gasteiger partial charge >= 0.3 is 5.97 Å². The third-order valence-corrected chi connectivity index (χ3v) is 3.32. The molecule has 0 heterocycles. The maximum Gasteiger partial charge on any atom is 0.317 e. The Labute approximate surface area is 114 Å². The Balaban J connectivity index is 2.18. The first-order valence-corrected chi connectivity index (χ1v) is 6.89. The van der Waals surface area contributed by atoms with Gasteiger partial charge in [-0.15, -0.1) is 0 Å². The summed E-state index contributed by atoms with van der Waals surface area (Å²) in [5, 5.41) is 11.7. The maximum absolute atomic E-state index is 11.5. The second kappa shape index (κ2) is 8.12. The summed E-state index contributed by atoms with van der Waals surface area (Å²) in [6.07, 6.45) is 2.54. The van der Waals surface area contributed by atoms with Gasteiger partial charge in [0.05, 0.1) is 6.54 Å². The van der Waals surface area contributed by atoms with E-state index in [9.17, 15) is 9.59 Å². The van der Waals surface area contributed by atoms with E-state index in [1.54, 1.807) is 0 Å². The topological polar surface area (TPSA) is 78.9 Å². The van der Waals surface area contributed by atoms with Crippen LogP contribution in [0.25, 0.3) is 0 Å². The lowest BCUT2D eigenvalue weighted by molar-refractivity contribution is -0.140. The van der Waals surface area contributed by atoms with Gasteiger partial charge < -0.3 is 15.2 Å². The van der Waals surface area contributed by atoms with Crippen molar-refractivity contribution in [2.45, 2.75) is 45.2 Å². The molecule has 0 aromatic carbocycles. The molecule has 1 aliphatic carbocycles. The average molecular weight is 272 g/mol. The van der Waals surface area contributed by atoms with Crippen LogP contribution >= 0.6 is 0 Å². The normalized spacial score (nSPS) is 22.1. The van der Waals surface area contributed by atoms with Crippen molar-refractivity contribution in [2.24, 2.45) is 0 Å². The van der Waals surface area contributed by atoms with Crippen LogP contribution in [0.3, 0.4) is 0 Å². The zero-order valence-electron chi connectivity index (χ0n) is 11.7. The number of nitrogens with zero attached hydrogens (tertiary/aromatic N) is 1. The van der Waals surface area contributed by atoms with Gasteiger partial charge in [0.1, 0.15) is 6.61 Å². The van der Waals surface area contributed by atoms with Crippen LogP contribution in [0.2, 0.25) is 0 Å². The van der Waals surface area contributed by atoms with E-state index in [0.29, 0.717) is 6.61 Å². The van der Waals surface area contributed by atoms with Gasteiger partial charge in [0, 0.05) is 18.7 Å². The first-order valence-electron chi connectivity index (χ1n) is 6.89. The van der Waals surface area contributed by atoms with Gasteiger partial charge in [0.15, 0.2) is 0 Å². The molecule has 0 aromatic rings. The molecular formula is C13H24N2O4. The van der Waals surface area contributed by atoms with E-state index in [2.05, 4.69) is 5.32 Å². The summed E-state index contributed by atoms with van der Waals surface area (Å²) in [6, 6.07) is 0.425. The molecule has 0 aromatic heterocycles. The molecule has 1 aliphatic rings. The van der Waals surface area contributed by atoms with Crippen LogP contribution in [0, 0.1) is 0 Å². The van der Waals surface area contributed by atoms with Crippen LogP contribution in [-0.4, -0.2) is 60.3 Å². The summed E-state index contributed by atoms with van der Waals surface area (Å²) in [6.45, 7) is 5.45. The standard InChI is InChI=1S/C13H24N2O4/c1-3-5-19-9-12(16)14-10-6-11(7-10)15(4-2)8-13(17)18/h10-11H,3-9H2,1-2H3,(H,14,16)(H,17,18). The molecular weight excluding hydrogens is 248 g/mol. The summed E-state index contributed by atoms with van der Waals surface area (Å²) in [7, 11) is 0. The number of carboxylic acid groups (broad SMARTS) is 1. The van der Waals surface area contributed by atoms with E-state index in [1.165, 1.54) is 0 Å². The van der Waals surface area contributed by atoms with Crippen LogP contribution in [0.5, 0.6) is 0 Å². The minimum atomic E-state index is -0.803. The molecule has 19 heavy (non-hydrogen) atoms. The second-order valence-electron chi connectivity index (χ2n) is 4.90. The lowest BCUT2D eigenvalue weighted by Crippen LogP contribution is -2.55. The van der Waals surface area contributed by atoms with Crippen molar-refractivity contribution in [1.29, 1.82) is 0 Å². The Morgan fingerprint density at radius 1 is 1.37 bits per heavy atom. The molecule has 0 atom stereocenters. The largest absolute Gasteiger partial charge is 0.480 e. The van der Waals surface area contributed by atoms with Crippen molar-refractivity contribution in [2.75, 3.05) is 26.3 Å². The van der Waals surface area contributed by atoms with Crippen molar-refractivity contribution < 1.29 is 19.4 Å². The molecule has 0 spiro atoms. The molecule has 1 rings (SSSR count). The fourth-order valence-electron chi connectivity index (χ4n) is 2.26. The SMILES string of the molecule is CCCOCC(=O)NC1CC(N(CC)CC(=O)O)C1. The van der Waals surface area contributed by atoms with E-state index >= 15 is 0 Å². The molecule has 1 fully saturated rings. The Morgan fingerprint density at radius 3 is 2.58 bits per heavy atom. The van der Waals surface area contributed by atoms with Crippen LogP contribution in [0.15, 0.2) is 0 Å². The van der Waals surface area contributed by atoms with Crippen LogP contribution in [0.1, 0.15) is 33.1 Å². The minimum Gasteiger partial charge on any atom is -0.480 e. The van der Waals surface area contributed by atoms with Crippen LogP contribution in [-0.2, 0) is 14.3 Å². The first kappa shape index (κ1) is 15.9. The Morgan fingerprint density at radius 2 is 2.05 bits per heavy atom. The van der Waals surface area contributed by atoms with E-state index in [4.69, 9.17) is 9.84 Å². The van der Waals surface area contributed by atoms with Crippen LogP contribution in [0.4, 0.5) is 0 Å². The highest BCUT2D eigenvalue weighted by Gasteiger charge is 2.34. The minimum absolute atomic E-state index is 0.0709. The molecule has 6 heteroatoms. The number of ether oxygens (including phenoxy) is 1. The summed E-state index contributed by atoms with van der Waals surface area (Å²) in [4.78, 5) is 24.1. The number of hydrogen-bond donors (Lipinski definition) is 2. The Kier molecular flexibility index (Phi) is 6.80. The highest BCUT2D eigenvalue weighted by Crippen LogP contribution is 2.25. The molecule has 0 aliphatic heterocycles. The summed E-state index contributed by atoms with van der Waals surface area (Å²) >= 11 is 0. The molecule has 6 nitrogen and oxygen atoms in total. The van der Waals surface area contributed by atoms with E-state index in [-0.39, 0.29) is 31.1 Å². The van der Waals surface area contributed by atoms with Gasteiger partial charge in [-0.3, -0.25) is 14.5 Å². The van der Waals surface area contributed by atoms with Gasteiger partial charge in [0.2, 0.25) is 5.91 Å². The fourth-order valence-corrected chi connectivity index (χ4v) is 2.26. The number of likely N-dealkylation sites (N-methyl/N-ethyl adjacent to an activating group) is 1. The van der Waals surface area contributed by atoms with E-state index < -0.39 is 5.97 Å². The molecule has 0 unspecified atom stereocenters. The van der Waals surface area contributed by atoms with Crippen molar-refractivity contribution in [3.8, 4) is 0 Å². The second-order valence-corrected chi connectivity index (χ2v) is 4.90. The number of carboxylic acids is 1. The van der Waals surface area contributed by atoms with Gasteiger partial charge in [-0.2, -0.15) is 0 Å². The number of hydrogen-bond acceptors (Lipinski definition) is 4. The molecule has 0 bridgehead atoms. The van der Waals surface area contributed by atoms with Gasteiger partial charge in [-0.25, -0.2) is 0 Å². The number of carbonyl (C=O) groups excluding carboxylic acids is 1. The Bertz CT molecular complexity index is 303. The molecule has 1 saturated carbocycles. The maximum atomic E-state index is 11.5. The fraction of sp³-hybridized carbons (Fsp3) is 0.846. The summed E-state index contributed by atoms with van der Waals surface area (Å²) < 4.78 is 5.16. The molecule has 2 N–H and O–H groups in total. The monoisotopic (exact) mass is 272 g/mol. The number of nitrogens with one attached hydrogen (secondary N) is 1. The van der Waals surface area contributed by atoms with Gasteiger partial charge in [-0.05, 0) is 25.8 Å².